The number of hydrogen-bond acceptors (Lipinski definition) is 3. The van der Waals surface area contributed by atoms with E-state index in [1.54, 1.807) is 24.3 Å². The van der Waals surface area contributed by atoms with Crippen molar-refractivity contribution in [1.29, 1.82) is 0 Å². The molecule has 5 heteroatoms. The van der Waals surface area contributed by atoms with Gasteiger partial charge in [0.15, 0.2) is 0 Å². The molecule has 2 aromatic rings. The first kappa shape index (κ1) is 16.0. The van der Waals surface area contributed by atoms with E-state index < -0.39 is 0 Å². The molecule has 0 spiro atoms. The van der Waals surface area contributed by atoms with Gasteiger partial charge in [-0.3, -0.25) is 0 Å². The van der Waals surface area contributed by atoms with Gasteiger partial charge in [-0.15, -0.1) is 0 Å². The third kappa shape index (κ3) is 4.81. The fourth-order valence-electron chi connectivity index (χ4n) is 1.94. The molecule has 2 aromatic carbocycles. The van der Waals surface area contributed by atoms with E-state index in [2.05, 4.69) is 0 Å². The van der Waals surface area contributed by atoms with Gasteiger partial charge in [0.1, 0.15) is 11.5 Å². The summed E-state index contributed by atoms with van der Waals surface area (Å²) < 4.78 is 5.57. The predicted octanol–water partition coefficient (Wildman–Crippen LogP) is 4.21. The zero-order valence-corrected chi connectivity index (χ0v) is 12.9. The molecular weight excluding hydrogens is 311 g/mol. The third-order valence-electron chi connectivity index (χ3n) is 3.10. The second kappa shape index (κ2) is 7.55. The SMILES string of the molecule is Oc1ccc(CCOCCc2ccc(O)cc2Cl)c(Cl)c1. The van der Waals surface area contributed by atoms with E-state index in [1.807, 2.05) is 0 Å². The van der Waals surface area contributed by atoms with Gasteiger partial charge >= 0.3 is 0 Å². The Kier molecular flexibility index (Phi) is 5.74. The van der Waals surface area contributed by atoms with Gasteiger partial charge in [-0.2, -0.15) is 0 Å². The van der Waals surface area contributed by atoms with Crippen LogP contribution in [0.4, 0.5) is 0 Å². The summed E-state index contributed by atoms with van der Waals surface area (Å²) in [5.74, 6) is 0.318. The standard InChI is InChI=1S/C16H16Cl2O3/c17-15-9-13(19)3-1-11(15)5-7-21-8-6-12-2-4-14(20)10-16(12)18/h1-4,9-10,19-20H,5-8H2. The van der Waals surface area contributed by atoms with Gasteiger partial charge in [0.2, 0.25) is 0 Å². The molecule has 0 aliphatic rings. The monoisotopic (exact) mass is 326 g/mol. The van der Waals surface area contributed by atoms with Crippen LogP contribution in [0.3, 0.4) is 0 Å². The molecule has 0 heterocycles. The summed E-state index contributed by atoms with van der Waals surface area (Å²) in [6.07, 6.45) is 1.37. The van der Waals surface area contributed by atoms with Crippen LogP contribution in [0.2, 0.25) is 10.0 Å². The van der Waals surface area contributed by atoms with Gasteiger partial charge in [-0.1, -0.05) is 35.3 Å². The Labute approximate surface area is 133 Å². The van der Waals surface area contributed by atoms with Gasteiger partial charge in [0, 0.05) is 10.0 Å². The molecule has 3 nitrogen and oxygen atoms in total. The molecule has 2 rings (SSSR count). The normalized spacial score (nSPS) is 10.8. The maximum absolute atomic E-state index is 9.27. The van der Waals surface area contributed by atoms with E-state index in [9.17, 15) is 10.2 Å². The van der Waals surface area contributed by atoms with Crippen LogP contribution < -0.4 is 0 Å². The van der Waals surface area contributed by atoms with Crippen molar-refractivity contribution in [2.45, 2.75) is 12.8 Å². The molecule has 112 valence electrons. The van der Waals surface area contributed by atoms with Crippen LogP contribution in [0, 0.1) is 0 Å². The van der Waals surface area contributed by atoms with E-state index in [0.29, 0.717) is 36.1 Å². The molecular formula is C16H16Cl2O3. The average molecular weight is 327 g/mol. The molecule has 0 bridgehead atoms. The first-order chi connectivity index (χ1) is 10.1. The van der Waals surface area contributed by atoms with Crippen LogP contribution in [0.5, 0.6) is 11.5 Å². The van der Waals surface area contributed by atoms with Crippen LogP contribution in [-0.4, -0.2) is 23.4 Å². The summed E-state index contributed by atoms with van der Waals surface area (Å²) in [7, 11) is 0. The molecule has 2 N–H and O–H groups in total. The molecule has 0 atom stereocenters. The number of phenols is 2. The average Bonchev–Trinajstić information content (AvgIpc) is 2.42. The Hall–Kier alpha value is -1.42. The summed E-state index contributed by atoms with van der Waals surface area (Å²) >= 11 is 12.0. The Balaban J connectivity index is 1.75. The van der Waals surface area contributed by atoms with E-state index in [4.69, 9.17) is 27.9 Å². The zero-order chi connectivity index (χ0) is 15.2. The van der Waals surface area contributed by atoms with Crippen LogP contribution in [0.25, 0.3) is 0 Å². The minimum atomic E-state index is 0.159. The van der Waals surface area contributed by atoms with Crippen molar-refractivity contribution < 1.29 is 14.9 Å². The van der Waals surface area contributed by atoms with Crippen molar-refractivity contribution in [3.8, 4) is 11.5 Å². The number of rotatable bonds is 6. The maximum Gasteiger partial charge on any atom is 0.117 e. The second-order valence-electron chi connectivity index (χ2n) is 4.66. The lowest BCUT2D eigenvalue weighted by atomic mass is 10.1. The fourth-order valence-corrected chi connectivity index (χ4v) is 2.48. The second-order valence-corrected chi connectivity index (χ2v) is 5.48. The fraction of sp³-hybridized carbons (Fsp3) is 0.250. The molecule has 0 aromatic heterocycles. The smallest absolute Gasteiger partial charge is 0.117 e. The lowest BCUT2D eigenvalue weighted by Gasteiger charge is -2.08. The molecule has 0 fully saturated rings. The van der Waals surface area contributed by atoms with E-state index in [-0.39, 0.29) is 11.5 Å². The van der Waals surface area contributed by atoms with Crippen LogP contribution in [-0.2, 0) is 17.6 Å². The number of ether oxygens (including phenoxy) is 1. The van der Waals surface area contributed by atoms with Crippen molar-refractivity contribution in [2.75, 3.05) is 13.2 Å². The van der Waals surface area contributed by atoms with Crippen molar-refractivity contribution >= 4 is 23.2 Å². The first-order valence-corrected chi connectivity index (χ1v) is 7.34. The van der Waals surface area contributed by atoms with Crippen molar-refractivity contribution in [3.63, 3.8) is 0 Å². The number of phenolic OH excluding ortho intramolecular Hbond substituents is 2. The van der Waals surface area contributed by atoms with Gasteiger partial charge in [0.05, 0.1) is 13.2 Å². The lowest BCUT2D eigenvalue weighted by Crippen LogP contribution is -2.03. The molecule has 0 amide bonds. The maximum atomic E-state index is 9.27. The molecule has 21 heavy (non-hydrogen) atoms. The number of benzene rings is 2. The Bertz CT molecular complexity index is 561. The van der Waals surface area contributed by atoms with Gasteiger partial charge in [0.25, 0.3) is 0 Å². The highest BCUT2D eigenvalue weighted by Gasteiger charge is 2.03. The predicted molar refractivity (Wildman–Crippen MR) is 84.5 cm³/mol. The number of halogens is 2. The molecule has 0 unspecified atom stereocenters. The Morgan fingerprint density at radius 2 is 1.19 bits per heavy atom. The minimum Gasteiger partial charge on any atom is -0.508 e. The summed E-state index contributed by atoms with van der Waals surface area (Å²) in [5, 5.41) is 19.6. The number of hydrogen-bond donors (Lipinski definition) is 2. The Morgan fingerprint density at radius 3 is 1.57 bits per heavy atom. The van der Waals surface area contributed by atoms with Gasteiger partial charge < -0.3 is 14.9 Å². The molecule has 0 saturated carbocycles. The van der Waals surface area contributed by atoms with Crippen molar-refractivity contribution in [2.24, 2.45) is 0 Å². The van der Waals surface area contributed by atoms with Gasteiger partial charge in [-0.05, 0) is 48.2 Å². The third-order valence-corrected chi connectivity index (χ3v) is 3.81. The van der Waals surface area contributed by atoms with Crippen molar-refractivity contribution in [1.82, 2.24) is 0 Å². The summed E-state index contributed by atoms with van der Waals surface area (Å²) in [6, 6.07) is 9.84. The summed E-state index contributed by atoms with van der Waals surface area (Å²) in [6.45, 7) is 1.08. The highest BCUT2D eigenvalue weighted by atomic mass is 35.5. The summed E-state index contributed by atoms with van der Waals surface area (Å²) in [5.41, 5.74) is 1.88. The topological polar surface area (TPSA) is 49.7 Å². The molecule has 0 radical (unpaired) electrons. The highest BCUT2D eigenvalue weighted by molar-refractivity contribution is 6.31. The van der Waals surface area contributed by atoms with Crippen LogP contribution in [0.15, 0.2) is 36.4 Å². The molecule has 0 saturated heterocycles. The summed E-state index contributed by atoms with van der Waals surface area (Å²) in [4.78, 5) is 0. The van der Waals surface area contributed by atoms with Crippen LogP contribution >= 0.6 is 23.2 Å². The molecule has 0 aliphatic heterocycles. The number of aromatic hydroxyl groups is 2. The van der Waals surface area contributed by atoms with E-state index in [0.717, 1.165) is 11.1 Å². The van der Waals surface area contributed by atoms with E-state index in [1.165, 1.54) is 12.1 Å². The van der Waals surface area contributed by atoms with Gasteiger partial charge in [-0.25, -0.2) is 0 Å². The minimum absolute atomic E-state index is 0.159. The Morgan fingerprint density at radius 1 is 0.762 bits per heavy atom. The zero-order valence-electron chi connectivity index (χ0n) is 11.4. The van der Waals surface area contributed by atoms with E-state index >= 15 is 0 Å². The first-order valence-electron chi connectivity index (χ1n) is 6.59. The quantitative estimate of drug-likeness (QED) is 0.782. The van der Waals surface area contributed by atoms with Crippen molar-refractivity contribution in [3.05, 3.63) is 57.6 Å². The lowest BCUT2D eigenvalue weighted by molar-refractivity contribution is 0.140. The highest BCUT2D eigenvalue weighted by Crippen LogP contribution is 2.23. The van der Waals surface area contributed by atoms with Crippen LogP contribution in [0.1, 0.15) is 11.1 Å². The largest absolute Gasteiger partial charge is 0.508 e. The molecule has 0 aliphatic carbocycles.